The van der Waals surface area contributed by atoms with Crippen LogP contribution in [0.1, 0.15) is 52.9 Å². The van der Waals surface area contributed by atoms with Gasteiger partial charge in [-0.15, -0.1) is 0 Å². The highest BCUT2D eigenvalue weighted by Crippen LogP contribution is 2.49. The number of nitrogens with zero attached hydrogens (tertiary/aromatic N) is 2. The summed E-state index contributed by atoms with van der Waals surface area (Å²) in [5, 5.41) is 83.9. The number of H-pyrrole nitrogens is 1. The molecule has 3 aromatic carbocycles. The number of nitrogens with one attached hydrogen (secondary N) is 1. The molecule has 53 heavy (non-hydrogen) atoms. The molecule has 1 amide bonds. The number of carboxylic acid groups (broad SMARTS) is 1. The molecule has 0 radical (unpaired) electrons. The third-order valence-corrected chi connectivity index (χ3v) is 9.72. The summed E-state index contributed by atoms with van der Waals surface area (Å²) in [7, 11) is 0. The van der Waals surface area contributed by atoms with Crippen molar-refractivity contribution in [2.75, 3.05) is 11.5 Å². The maximum Gasteiger partial charge on any atom is 0.355 e. The Balaban J connectivity index is 1.36. The zero-order valence-corrected chi connectivity index (χ0v) is 28.6. The van der Waals surface area contributed by atoms with Crippen molar-refractivity contribution in [1.82, 2.24) is 9.97 Å². The average Bonchev–Trinajstić information content (AvgIpc) is 3.73. The molecule has 1 saturated heterocycles. The topological polar surface area (TPSA) is 246 Å². The summed E-state index contributed by atoms with van der Waals surface area (Å²) in [5.74, 6) is -7.12. The van der Waals surface area contributed by atoms with Gasteiger partial charge in [-0.3, -0.25) is 9.69 Å². The van der Waals surface area contributed by atoms with Crippen molar-refractivity contribution in [3.05, 3.63) is 107 Å². The molecule has 6 rings (SSSR count). The number of ether oxygens (including phenoxy) is 2. The summed E-state index contributed by atoms with van der Waals surface area (Å²) in [5.41, 5.74) is 4.01. The molecule has 0 bridgehead atoms. The summed E-state index contributed by atoms with van der Waals surface area (Å²) in [4.78, 5) is 35.4. The number of imidazole rings is 1. The number of hydrogen-bond donors (Lipinski definition) is 9. The normalized spacial score (nSPS) is 25.4. The Morgan fingerprint density at radius 3 is 2.49 bits per heavy atom. The van der Waals surface area contributed by atoms with Crippen LogP contribution in [0, 0.1) is 0 Å². The molecule has 7 unspecified atom stereocenters. The Hall–Kier alpha value is -5.29. The molecule has 7 atom stereocenters. The summed E-state index contributed by atoms with van der Waals surface area (Å²) < 4.78 is 10.7. The van der Waals surface area contributed by atoms with Crippen molar-refractivity contribution < 1.29 is 59.9 Å². The van der Waals surface area contributed by atoms with E-state index in [0.29, 0.717) is 36.0 Å². The Morgan fingerprint density at radius 2 is 1.79 bits per heavy atom. The second-order valence-electron chi connectivity index (χ2n) is 13.1. The number of aryl methyl sites for hydroxylation is 2. The minimum atomic E-state index is -3.09. The van der Waals surface area contributed by atoms with Gasteiger partial charge in [0.1, 0.15) is 30.1 Å². The lowest BCUT2D eigenvalue weighted by atomic mass is 9.88. The predicted octanol–water partition coefficient (Wildman–Crippen LogP) is 1.70. The van der Waals surface area contributed by atoms with Crippen LogP contribution in [0.5, 0.6) is 17.2 Å². The van der Waals surface area contributed by atoms with Crippen LogP contribution in [-0.4, -0.2) is 106 Å². The number of rotatable bonds is 12. The van der Waals surface area contributed by atoms with Gasteiger partial charge in [-0.2, -0.15) is 0 Å². The summed E-state index contributed by atoms with van der Waals surface area (Å²) >= 11 is 0. The fourth-order valence-corrected chi connectivity index (χ4v) is 6.94. The number of aliphatic hydroxyl groups is 5. The molecule has 1 fully saturated rings. The number of carboxylic acids is 1. The number of phenols is 2. The van der Waals surface area contributed by atoms with Gasteiger partial charge in [-0.05, 0) is 60.2 Å². The highest BCUT2D eigenvalue weighted by Gasteiger charge is 2.56. The smallest absolute Gasteiger partial charge is 0.355 e. The minimum absolute atomic E-state index is 0.0174. The number of aliphatic hydroxyl groups excluding tert-OH is 4. The van der Waals surface area contributed by atoms with Gasteiger partial charge < -0.3 is 55.3 Å². The number of carbonyl (C=O) groups is 2. The molecule has 15 nitrogen and oxygen atoms in total. The first kappa shape index (κ1) is 37.5. The zero-order valence-electron chi connectivity index (χ0n) is 28.6. The fraction of sp³-hybridized carbons (Fsp3) is 0.342. The first-order chi connectivity index (χ1) is 25.3. The summed E-state index contributed by atoms with van der Waals surface area (Å²) in [6.45, 7) is 1.08. The van der Waals surface area contributed by atoms with Gasteiger partial charge in [0.05, 0.1) is 24.3 Å². The second-order valence-corrected chi connectivity index (χ2v) is 13.1. The standard InChI is InChI=1S/C38H41N3O12/c1-2-25-26(40-19-39-25)15-22-14-21(9-12-28(22)43)10-13-32(45)41-27-17-30(52-38(51)36(48)35(47)34(46)31(18-42)53-38)29(44)16-24(27)23(33(41)37(49)50)11-8-20-6-4-3-5-7-20/h3-7,9-10,12-14,16-17,19,23,31,33-36,42-44,46-48,51H,2,8,11,15,18H2,1H3,(H,39,40)(H,49,50). The summed E-state index contributed by atoms with van der Waals surface area (Å²) in [6.07, 6.45) is -1.74. The van der Waals surface area contributed by atoms with Crippen LogP contribution < -0.4 is 9.64 Å². The maximum atomic E-state index is 14.1. The van der Waals surface area contributed by atoms with E-state index in [1.54, 1.807) is 18.5 Å². The number of aromatic hydroxyl groups is 2. The lowest BCUT2D eigenvalue weighted by Gasteiger charge is -2.44. The molecule has 0 spiro atoms. The summed E-state index contributed by atoms with van der Waals surface area (Å²) in [6, 6.07) is 15.0. The number of anilines is 1. The van der Waals surface area contributed by atoms with Crippen molar-refractivity contribution in [2.24, 2.45) is 0 Å². The maximum absolute atomic E-state index is 14.1. The number of amides is 1. The van der Waals surface area contributed by atoms with Crippen LogP contribution in [-0.2, 0) is 33.6 Å². The molecular weight excluding hydrogens is 690 g/mol. The second kappa shape index (κ2) is 15.4. The molecular formula is C38H41N3O12. The van der Waals surface area contributed by atoms with Gasteiger partial charge in [0.25, 0.3) is 5.91 Å². The van der Waals surface area contributed by atoms with E-state index in [1.807, 2.05) is 37.3 Å². The minimum Gasteiger partial charge on any atom is -0.508 e. The monoisotopic (exact) mass is 731 g/mol. The van der Waals surface area contributed by atoms with Crippen LogP contribution in [0.2, 0.25) is 0 Å². The van der Waals surface area contributed by atoms with Gasteiger partial charge in [0.2, 0.25) is 0 Å². The number of fused-ring (bicyclic) bond motifs is 1. The van der Waals surface area contributed by atoms with E-state index in [-0.39, 0.29) is 17.9 Å². The largest absolute Gasteiger partial charge is 0.508 e. The molecule has 280 valence electrons. The van der Waals surface area contributed by atoms with Crippen LogP contribution in [0.3, 0.4) is 0 Å². The van der Waals surface area contributed by atoms with E-state index < -0.39 is 72.3 Å². The Bertz CT molecular complexity index is 1980. The predicted molar refractivity (Wildman–Crippen MR) is 188 cm³/mol. The molecule has 15 heteroatoms. The van der Waals surface area contributed by atoms with Crippen molar-refractivity contribution in [3.63, 3.8) is 0 Å². The van der Waals surface area contributed by atoms with Crippen LogP contribution in [0.25, 0.3) is 6.08 Å². The first-order valence-corrected chi connectivity index (χ1v) is 17.1. The third-order valence-electron chi connectivity index (χ3n) is 9.72. The quantitative estimate of drug-likeness (QED) is 0.0745. The molecule has 4 aromatic rings. The Kier molecular flexibility index (Phi) is 10.9. The first-order valence-electron chi connectivity index (χ1n) is 17.1. The van der Waals surface area contributed by atoms with Gasteiger partial charge in [0, 0.05) is 35.7 Å². The zero-order chi connectivity index (χ0) is 38.0. The van der Waals surface area contributed by atoms with Crippen LogP contribution >= 0.6 is 0 Å². The van der Waals surface area contributed by atoms with Gasteiger partial charge in [-0.25, -0.2) is 9.78 Å². The molecule has 0 saturated carbocycles. The van der Waals surface area contributed by atoms with Crippen LogP contribution in [0.4, 0.5) is 5.69 Å². The van der Waals surface area contributed by atoms with Crippen molar-refractivity contribution in [1.29, 1.82) is 0 Å². The van der Waals surface area contributed by atoms with E-state index in [9.17, 15) is 50.4 Å². The average molecular weight is 732 g/mol. The van der Waals surface area contributed by atoms with Crippen LogP contribution in [0.15, 0.2) is 73.1 Å². The number of phenolic OH excluding ortho intramolecular Hbond substituents is 2. The van der Waals surface area contributed by atoms with Gasteiger partial charge >= 0.3 is 11.9 Å². The molecule has 3 heterocycles. The van der Waals surface area contributed by atoms with E-state index in [4.69, 9.17) is 9.47 Å². The van der Waals surface area contributed by atoms with E-state index in [1.165, 1.54) is 24.3 Å². The Morgan fingerprint density at radius 1 is 1.04 bits per heavy atom. The molecule has 9 N–H and O–H groups in total. The SMILES string of the molecule is CCc1nc[nH]c1Cc1cc(C=CC(=O)N2c3cc(OC4(O)OC(CO)C(O)C(O)C4O)c(O)cc3C(CCc3ccccc3)C2C(=O)O)ccc1O. The van der Waals surface area contributed by atoms with Crippen molar-refractivity contribution >= 4 is 23.6 Å². The number of aromatic amines is 1. The molecule has 0 aliphatic carbocycles. The fourth-order valence-electron chi connectivity index (χ4n) is 6.94. The number of aromatic nitrogens is 2. The van der Waals surface area contributed by atoms with E-state index >= 15 is 0 Å². The Labute approximate surface area is 303 Å². The molecule has 1 aromatic heterocycles. The van der Waals surface area contributed by atoms with Crippen molar-refractivity contribution in [2.45, 2.75) is 75.0 Å². The third kappa shape index (κ3) is 7.48. The highest BCUT2D eigenvalue weighted by molar-refractivity contribution is 6.09. The number of carbonyl (C=O) groups excluding carboxylic acids is 1. The number of hydrogen-bond acceptors (Lipinski definition) is 12. The number of aliphatic carboxylic acids is 1. The highest BCUT2D eigenvalue weighted by atomic mass is 16.8. The number of benzene rings is 3. The van der Waals surface area contributed by atoms with Gasteiger partial charge in [0.15, 0.2) is 17.6 Å². The van der Waals surface area contributed by atoms with Crippen molar-refractivity contribution in [3.8, 4) is 17.2 Å². The molecule has 2 aliphatic heterocycles. The van der Waals surface area contributed by atoms with E-state index in [0.717, 1.165) is 27.9 Å². The lowest BCUT2D eigenvalue weighted by Crippen LogP contribution is -2.67. The van der Waals surface area contributed by atoms with Gasteiger partial charge in [-0.1, -0.05) is 43.3 Å². The molecule has 2 aliphatic rings. The van der Waals surface area contributed by atoms with E-state index in [2.05, 4.69) is 9.97 Å². The lowest BCUT2D eigenvalue weighted by molar-refractivity contribution is -0.422.